The van der Waals surface area contributed by atoms with E-state index < -0.39 is 17.8 Å². The van der Waals surface area contributed by atoms with Crippen molar-refractivity contribution in [2.24, 2.45) is 5.92 Å². The van der Waals surface area contributed by atoms with Crippen LogP contribution in [0.5, 0.6) is 0 Å². The predicted molar refractivity (Wildman–Crippen MR) is 105 cm³/mol. The first-order valence-electron chi connectivity index (χ1n) is 10.5. The Labute approximate surface area is 170 Å². The van der Waals surface area contributed by atoms with Gasteiger partial charge in [0, 0.05) is 11.7 Å². The highest BCUT2D eigenvalue weighted by Gasteiger charge is 2.50. The number of nitrogens with one attached hydrogen (secondary N) is 1. The first-order valence-corrected chi connectivity index (χ1v) is 10.5. The zero-order chi connectivity index (χ0) is 20.5. The van der Waals surface area contributed by atoms with Gasteiger partial charge in [-0.2, -0.15) is 0 Å². The van der Waals surface area contributed by atoms with Crippen LogP contribution in [0.4, 0.5) is 14.9 Å². The van der Waals surface area contributed by atoms with Gasteiger partial charge in [0.05, 0.1) is 26.2 Å². The summed E-state index contributed by atoms with van der Waals surface area (Å²) in [5, 5.41) is 0. The van der Waals surface area contributed by atoms with Crippen LogP contribution in [0.2, 0.25) is 0 Å². The average Bonchev–Trinajstić information content (AvgIpc) is 2.93. The molecule has 0 spiro atoms. The number of rotatable bonds is 4. The largest absolute Gasteiger partial charge is 0.360 e. The van der Waals surface area contributed by atoms with Gasteiger partial charge in [0.1, 0.15) is 5.82 Å². The lowest BCUT2D eigenvalue weighted by Gasteiger charge is -2.35. The maximum Gasteiger partial charge on any atom is 0.338 e. The quantitative estimate of drug-likeness (QED) is 0.598. The summed E-state index contributed by atoms with van der Waals surface area (Å²) >= 11 is 0. The van der Waals surface area contributed by atoms with E-state index in [-0.39, 0.29) is 24.4 Å². The Hall–Kier alpha value is -2.48. The number of nitrogens with zero attached hydrogens (tertiary/aromatic N) is 3. The summed E-state index contributed by atoms with van der Waals surface area (Å²) in [7, 11) is 0. The van der Waals surface area contributed by atoms with E-state index in [0.29, 0.717) is 0 Å². The second-order valence-electron chi connectivity index (χ2n) is 8.39. The lowest BCUT2D eigenvalue weighted by molar-refractivity contribution is -0.907. The fourth-order valence-electron chi connectivity index (χ4n) is 4.75. The molecule has 7 nitrogen and oxygen atoms in total. The standard InChI is InChI=1S/C21H27FN4O3/c1-15-4-2-3-5-18(15)26-20(28)19(27)25(21(26)29)14-23-10-12-24(13-11-23)17-8-6-16(22)7-9-17/h6-9,15,18H,2-5,10-14H2,1H3/p+1/t15-,18+/m0/s1. The van der Waals surface area contributed by atoms with Crippen molar-refractivity contribution in [3.8, 4) is 0 Å². The van der Waals surface area contributed by atoms with E-state index in [1.54, 1.807) is 12.1 Å². The highest BCUT2D eigenvalue weighted by Crippen LogP contribution is 2.30. The van der Waals surface area contributed by atoms with Gasteiger partial charge in [-0.1, -0.05) is 19.8 Å². The molecule has 4 rings (SSSR count). The molecule has 2 aliphatic heterocycles. The van der Waals surface area contributed by atoms with Gasteiger partial charge in [-0.05, 0) is 43.0 Å². The number of imide groups is 2. The van der Waals surface area contributed by atoms with Crippen molar-refractivity contribution >= 4 is 23.5 Å². The molecule has 1 aromatic rings. The Morgan fingerprint density at radius 3 is 2.31 bits per heavy atom. The van der Waals surface area contributed by atoms with Crippen LogP contribution in [0, 0.1) is 11.7 Å². The lowest BCUT2D eigenvalue weighted by Crippen LogP contribution is -3.16. The smallest absolute Gasteiger partial charge is 0.338 e. The molecule has 1 aromatic carbocycles. The van der Waals surface area contributed by atoms with Crippen molar-refractivity contribution in [2.75, 3.05) is 37.7 Å². The number of urea groups is 1. The molecule has 1 saturated carbocycles. The number of benzene rings is 1. The molecule has 2 heterocycles. The molecule has 0 unspecified atom stereocenters. The second kappa shape index (κ2) is 8.10. The van der Waals surface area contributed by atoms with Crippen LogP contribution in [0.3, 0.4) is 0 Å². The Kier molecular flexibility index (Phi) is 5.54. The number of halogens is 1. The second-order valence-corrected chi connectivity index (χ2v) is 8.39. The van der Waals surface area contributed by atoms with E-state index in [9.17, 15) is 18.8 Å². The monoisotopic (exact) mass is 403 g/mol. The number of hydrogen-bond acceptors (Lipinski definition) is 4. The maximum absolute atomic E-state index is 13.1. The van der Waals surface area contributed by atoms with Crippen LogP contribution < -0.4 is 9.80 Å². The molecule has 2 atom stereocenters. The number of anilines is 1. The topological polar surface area (TPSA) is 65.4 Å². The molecule has 0 aromatic heterocycles. The molecule has 2 saturated heterocycles. The normalized spacial score (nSPS) is 26.6. The van der Waals surface area contributed by atoms with E-state index >= 15 is 0 Å². The van der Waals surface area contributed by atoms with Crippen LogP contribution in [-0.2, 0) is 9.59 Å². The number of quaternary nitrogens is 1. The van der Waals surface area contributed by atoms with E-state index in [0.717, 1.165) is 67.3 Å². The summed E-state index contributed by atoms with van der Waals surface area (Å²) in [6.45, 7) is 5.24. The molecule has 4 amide bonds. The van der Waals surface area contributed by atoms with E-state index in [4.69, 9.17) is 0 Å². The van der Waals surface area contributed by atoms with Gasteiger partial charge in [-0.25, -0.2) is 14.1 Å². The molecule has 29 heavy (non-hydrogen) atoms. The van der Waals surface area contributed by atoms with Crippen molar-refractivity contribution in [1.29, 1.82) is 0 Å². The van der Waals surface area contributed by atoms with Gasteiger partial charge in [-0.3, -0.25) is 14.5 Å². The number of amides is 4. The molecule has 3 fully saturated rings. The van der Waals surface area contributed by atoms with Crippen LogP contribution in [0.15, 0.2) is 24.3 Å². The van der Waals surface area contributed by atoms with Gasteiger partial charge in [0.25, 0.3) is 0 Å². The number of carbonyl (C=O) groups excluding carboxylic acids is 3. The molecule has 0 bridgehead atoms. The Balaban J connectivity index is 1.37. The highest BCUT2D eigenvalue weighted by molar-refractivity contribution is 6.44. The van der Waals surface area contributed by atoms with Crippen LogP contribution in [0.25, 0.3) is 0 Å². The zero-order valence-corrected chi connectivity index (χ0v) is 16.8. The Bertz CT molecular complexity index is 792. The summed E-state index contributed by atoms with van der Waals surface area (Å²) < 4.78 is 13.1. The number of carbonyl (C=O) groups is 3. The van der Waals surface area contributed by atoms with E-state index in [2.05, 4.69) is 11.8 Å². The third-order valence-electron chi connectivity index (χ3n) is 6.53. The van der Waals surface area contributed by atoms with E-state index in [1.165, 1.54) is 17.0 Å². The molecular weight excluding hydrogens is 375 g/mol. The SMILES string of the molecule is C[C@H]1CCCC[C@H]1N1C(=O)C(=O)N(C[NH+]2CCN(c3ccc(F)cc3)CC2)C1=O. The molecule has 1 aliphatic carbocycles. The fraction of sp³-hybridized carbons (Fsp3) is 0.571. The molecule has 156 valence electrons. The van der Waals surface area contributed by atoms with Crippen molar-refractivity contribution in [3.63, 3.8) is 0 Å². The van der Waals surface area contributed by atoms with Gasteiger partial charge in [0.2, 0.25) is 0 Å². The van der Waals surface area contributed by atoms with E-state index in [1.807, 2.05) is 0 Å². The molecule has 8 heteroatoms. The Morgan fingerprint density at radius 1 is 1.00 bits per heavy atom. The third kappa shape index (κ3) is 3.85. The summed E-state index contributed by atoms with van der Waals surface area (Å²) in [6, 6.07) is 5.80. The van der Waals surface area contributed by atoms with Crippen molar-refractivity contribution in [2.45, 2.75) is 38.6 Å². The van der Waals surface area contributed by atoms with Crippen LogP contribution in [-0.4, -0.2) is 66.5 Å². The van der Waals surface area contributed by atoms with Crippen LogP contribution in [0.1, 0.15) is 32.6 Å². The van der Waals surface area contributed by atoms with Crippen molar-refractivity contribution in [3.05, 3.63) is 30.1 Å². The fourth-order valence-corrected chi connectivity index (χ4v) is 4.75. The minimum absolute atomic E-state index is 0.164. The summed E-state index contributed by atoms with van der Waals surface area (Å²) in [5.41, 5.74) is 0.964. The molecule has 1 N–H and O–H groups in total. The summed E-state index contributed by atoms with van der Waals surface area (Å²) in [4.78, 5) is 43.6. The van der Waals surface area contributed by atoms with Gasteiger partial charge < -0.3 is 9.80 Å². The maximum atomic E-state index is 13.1. The van der Waals surface area contributed by atoms with Gasteiger partial charge >= 0.3 is 17.8 Å². The predicted octanol–water partition coefficient (Wildman–Crippen LogP) is 0.858. The van der Waals surface area contributed by atoms with Crippen LogP contribution >= 0.6 is 0 Å². The zero-order valence-electron chi connectivity index (χ0n) is 16.8. The van der Waals surface area contributed by atoms with Crippen molar-refractivity contribution < 1.29 is 23.7 Å². The number of piperazine rings is 1. The molecular formula is C21H28FN4O3+. The molecule has 3 aliphatic rings. The van der Waals surface area contributed by atoms with Gasteiger partial charge in [-0.15, -0.1) is 0 Å². The first-order chi connectivity index (χ1) is 14.0. The minimum atomic E-state index is -0.693. The van der Waals surface area contributed by atoms with Gasteiger partial charge in [0.15, 0.2) is 6.67 Å². The lowest BCUT2D eigenvalue weighted by atomic mass is 9.85. The average molecular weight is 403 g/mol. The highest BCUT2D eigenvalue weighted by atomic mass is 19.1. The summed E-state index contributed by atoms with van der Waals surface area (Å²) in [6.07, 6.45) is 3.85. The first kappa shape index (κ1) is 19.8. The Morgan fingerprint density at radius 2 is 1.66 bits per heavy atom. The minimum Gasteiger partial charge on any atom is -0.360 e. The summed E-state index contributed by atoms with van der Waals surface area (Å²) in [5.74, 6) is -1.39. The number of hydrogen-bond donors (Lipinski definition) is 1. The third-order valence-corrected chi connectivity index (χ3v) is 6.53. The molecule has 0 radical (unpaired) electrons. The van der Waals surface area contributed by atoms with Crippen molar-refractivity contribution in [1.82, 2.24) is 9.80 Å².